The number of rotatable bonds is 9. The van der Waals surface area contributed by atoms with Crippen molar-refractivity contribution in [1.82, 2.24) is 10.2 Å². The summed E-state index contributed by atoms with van der Waals surface area (Å²) < 4.78 is 0. The zero-order valence-electron chi connectivity index (χ0n) is 12.6. The molecule has 3 unspecified atom stereocenters. The van der Waals surface area contributed by atoms with Crippen molar-refractivity contribution in [2.45, 2.75) is 57.5 Å². The molecule has 0 bridgehead atoms. The van der Waals surface area contributed by atoms with Gasteiger partial charge in [-0.3, -0.25) is 4.79 Å². The van der Waals surface area contributed by atoms with Crippen LogP contribution in [0, 0.1) is 11.8 Å². The summed E-state index contributed by atoms with van der Waals surface area (Å²) in [7, 11) is 2.18. The first-order chi connectivity index (χ1) is 8.90. The van der Waals surface area contributed by atoms with Crippen molar-refractivity contribution in [3.05, 3.63) is 0 Å². The Morgan fingerprint density at radius 1 is 1.47 bits per heavy atom. The van der Waals surface area contributed by atoms with Gasteiger partial charge in [-0.15, -0.1) is 0 Å². The molecule has 0 aromatic heterocycles. The number of primary amides is 1. The van der Waals surface area contributed by atoms with Crippen LogP contribution in [-0.2, 0) is 4.79 Å². The molecule has 110 valence electrons. The van der Waals surface area contributed by atoms with Crippen LogP contribution in [0.15, 0.2) is 0 Å². The maximum absolute atomic E-state index is 11.6. The number of hydrogen-bond donors (Lipinski definition) is 2. The predicted molar refractivity (Wildman–Crippen MR) is 77.8 cm³/mol. The van der Waals surface area contributed by atoms with Gasteiger partial charge in [-0.2, -0.15) is 0 Å². The molecule has 1 amide bonds. The normalized spacial score (nSPS) is 29.3. The molecule has 0 spiro atoms. The average Bonchev–Trinajstić information content (AvgIpc) is 3.20. The summed E-state index contributed by atoms with van der Waals surface area (Å²) in [6, 6.07) is 0.516. The number of nitrogens with two attached hydrogens (primary N) is 1. The second-order valence-corrected chi connectivity index (χ2v) is 6.95. The van der Waals surface area contributed by atoms with Crippen molar-refractivity contribution in [1.29, 1.82) is 0 Å². The topological polar surface area (TPSA) is 58.4 Å². The van der Waals surface area contributed by atoms with Gasteiger partial charge in [-0.1, -0.05) is 6.92 Å². The maximum Gasteiger partial charge on any atom is 0.237 e. The molecule has 2 fully saturated rings. The fraction of sp³-hybridized carbons (Fsp3) is 0.933. The van der Waals surface area contributed by atoms with E-state index in [9.17, 15) is 4.79 Å². The van der Waals surface area contributed by atoms with Crippen molar-refractivity contribution < 1.29 is 4.79 Å². The highest BCUT2D eigenvalue weighted by atomic mass is 16.1. The van der Waals surface area contributed by atoms with E-state index in [2.05, 4.69) is 24.2 Å². The molecule has 3 atom stereocenters. The molecular weight excluding hydrogens is 238 g/mol. The Morgan fingerprint density at radius 2 is 2.11 bits per heavy atom. The molecular formula is C15H29N3O. The van der Waals surface area contributed by atoms with Crippen LogP contribution in [0.4, 0.5) is 0 Å². The number of hydrogen-bond acceptors (Lipinski definition) is 3. The number of carbonyl (C=O) groups excluding carboxylic acids is 1. The van der Waals surface area contributed by atoms with Crippen molar-refractivity contribution in [3.8, 4) is 0 Å². The van der Waals surface area contributed by atoms with Crippen molar-refractivity contribution in [3.63, 3.8) is 0 Å². The Bertz CT molecular complexity index is 329. The molecule has 19 heavy (non-hydrogen) atoms. The molecule has 0 heterocycles. The summed E-state index contributed by atoms with van der Waals surface area (Å²) in [4.78, 5) is 14.0. The zero-order valence-corrected chi connectivity index (χ0v) is 12.6. The van der Waals surface area contributed by atoms with Gasteiger partial charge in [0.15, 0.2) is 0 Å². The van der Waals surface area contributed by atoms with Crippen LogP contribution in [0.5, 0.6) is 0 Å². The van der Waals surface area contributed by atoms with Crippen LogP contribution < -0.4 is 11.1 Å². The fourth-order valence-corrected chi connectivity index (χ4v) is 2.79. The molecule has 0 aromatic carbocycles. The largest absolute Gasteiger partial charge is 0.368 e. The second-order valence-electron chi connectivity index (χ2n) is 6.95. The van der Waals surface area contributed by atoms with Gasteiger partial charge >= 0.3 is 0 Å². The minimum Gasteiger partial charge on any atom is -0.368 e. The standard InChI is InChI=1S/C15H29N3O/c1-11-9-12(11)10-18(3)8-4-7-15(2,14(16)19)17-13-5-6-13/h11-13,17H,4-10H2,1-3H3,(H2,16,19). The number of nitrogens with one attached hydrogen (secondary N) is 1. The predicted octanol–water partition coefficient (Wildman–Crippen LogP) is 1.35. The van der Waals surface area contributed by atoms with Gasteiger partial charge in [-0.25, -0.2) is 0 Å². The third kappa shape index (κ3) is 4.46. The van der Waals surface area contributed by atoms with E-state index in [1.807, 2.05) is 6.92 Å². The Morgan fingerprint density at radius 3 is 2.58 bits per heavy atom. The summed E-state index contributed by atoms with van der Waals surface area (Å²) in [5.41, 5.74) is 5.04. The summed E-state index contributed by atoms with van der Waals surface area (Å²) in [5, 5.41) is 3.41. The monoisotopic (exact) mass is 267 g/mol. The molecule has 3 N–H and O–H groups in total. The van der Waals surface area contributed by atoms with Crippen LogP contribution in [0.25, 0.3) is 0 Å². The first-order valence-electron chi connectivity index (χ1n) is 7.67. The highest BCUT2D eigenvalue weighted by molar-refractivity contribution is 5.84. The fourth-order valence-electron chi connectivity index (χ4n) is 2.79. The molecule has 0 aromatic rings. The Hall–Kier alpha value is -0.610. The zero-order chi connectivity index (χ0) is 14.0. The van der Waals surface area contributed by atoms with Crippen LogP contribution >= 0.6 is 0 Å². The quantitative estimate of drug-likeness (QED) is 0.663. The lowest BCUT2D eigenvalue weighted by atomic mass is 9.94. The van der Waals surface area contributed by atoms with Crippen molar-refractivity contribution >= 4 is 5.91 Å². The molecule has 0 radical (unpaired) electrons. The molecule has 2 rings (SSSR count). The van der Waals surface area contributed by atoms with E-state index < -0.39 is 5.54 Å². The molecule has 4 heteroatoms. The van der Waals surface area contributed by atoms with Gasteiger partial charge in [-0.05, 0) is 64.5 Å². The van der Waals surface area contributed by atoms with E-state index in [1.165, 1.54) is 25.8 Å². The second kappa shape index (κ2) is 5.80. The molecule has 4 nitrogen and oxygen atoms in total. The van der Waals surface area contributed by atoms with Crippen molar-refractivity contribution in [2.75, 3.05) is 20.1 Å². The lowest BCUT2D eigenvalue weighted by Crippen LogP contribution is -2.54. The average molecular weight is 267 g/mol. The van der Waals surface area contributed by atoms with E-state index in [1.54, 1.807) is 0 Å². The van der Waals surface area contributed by atoms with Gasteiger partial charge in [0.25, 0.3) is 0 Å². The maximum atomic E-state index is 11.6. The van der Waals surface area contributed by atoms with E-state index in [0.717, 1.165) is 31.2 Å². The Labute approximate surface area is 117 Å². The van der Waals surface area contributed by atoms with Crippen LogP contribution in [0.3, 0.4) is 0 Å². The van der Waals surface area contributed by atoms with Gasteiger partial charge < -0.3 is 16.0 Å². The SMILES string of the molecule is CC1CC1CN(C)CCCC(C)(NC1CC1)C(N)=O. The molecule has 2 saturated carbocycles. The lowest BCUT2D eigenvalue weighted by molar-refractivity contribution is -0.124. The number of nitrogens with zero attached hydrogens (tertiary/aromatic N) is 1. The third-order valence-corrected chi connectivity index (χ3v) is 4.68. The smallest absolute Gasteiger partial charge is 0.237 e. The highest BCUT2D eigenvalue weighted by Crippen LogP contribution is 2.38. The van der Waals surface area contributed by atoms with Crippen molar-refractivity contribution in [2.24, 2.45) is 17.6 Å². The van der Waals surface area contributed by atoms with Gasteiger partial charge in [0.05, 0.1) is 5.54 Å². The minimum absolute atomic E-state index is 0.210. The summed E-state index contributed by atoms with van der Waals surface area (Å²) in [6.07, 6.45) is 5.61. The van der Waals surface area contributed by atoms with E-state index >= 15 is 0 Å². The van der Waals surface area contributed by atoms with Gasteiger partial charge in [0.1, 0.15) is 0 Å². The summed E-state index contributed by atoms with van der Waals surface area (Å²) in [5.74, 6) is 1.60. The van der Waals surface area contributed by atoms with Gasteiger partial charge in [0, 0.05) is 12.6 Å². The summed E-state index contributed by atoms with van der Waals surface area (Å²) in [6.45, 7) is 6.53. The number of amides is 1. The highest BCUT2D eigenvalue weighted by Gasteiger charge is 2.37. The van der Waals surface area contributed by atoms with E-state index in [-0.39, 0.29) is 5.91 Å². The molecule has 0 aliphatic heterocycles. The molecule has 0 saturated heterocycles. The first kappa shape index (κ1) is 14.8. The van der Waals surface area contributed by atoms with E-state index in [0.29, 0.717) is 6.04 Å². The number of carbonyl (C=O) groups is 1. The van der Waals surface area contributed by atoms with E-state index in [4.69, 9.17) is 5.73 Å². The lowest BCUT2D eigenvalue weighted by Gasteiger charge is -2.28. The Kier molecular flexibility index (Phi) is 4.51. The minimum atomic E-state index is -0.519. The van der Waals surface area contributed by atoms with Gasteiger partial charge in [0.2, 0.25) is 5.91 Å². The first-order valence-corrected chi connectivity index (χ1v) is 7.67. The van der Waals surface area contributed by atoms with Crippen LogP contribution in [-0.4, -0.2) is 42.5 Å². The Balaban J connectivity index is 1.67. The van der Waals surface area contributed by atoms with Crippen LogP contribution in [0.1, 0.15) is 46.0 Å². The molecule has 2 aliphatic rings. The van der Waals surface area contributed by atoms with Crippen LogP contribution in [0.2, 0.25) is 0 Å². The summed E-state index contributed by atoms with van der Waals surface area (Å²) >= 11 is 0. The molecule has 2 aliphatic carbocycles. The third-order valence-electron chi connectivity index (χ3n) is 4.68.